The molecule has 0 amide bonds. The van der Waals surface area contributed by atoms with Gasteiger partial charge in [0.25, 0.3) is 0 Å². The normalized spacial score (nSPS) is 45.7. The lowest BCUT2D eigenvalue weighted by Crippen LogP contribution is -2.66. The second-order valence-electron chi connectivity index (χ2n) is 12.7. The fourth-order valence-electron chi connectivity index (χ4n) is 5.48. The Bertz CT molecular complexity index is 971. The highest BCUT2D eigenvalue weighted by atomic mass is 16.8. The first-order valence-electron chi connectivity index (χ1n) is 15.8. The Balaban J connectivity index is 0.000000226. The summed E-state index contributed by atoms with van der Waals surface area (Å²) in [6.07, 6.45) is -15.4. The minimum atomic E-state index is -1.57. The van der Waals surface area contributed by atoms with Gasteiger partial charge in [-0.3, -0.25) is 4.79 Å². The Morgan fingerprint density at radius 3 is 2.15 bits per heavy atom. The zero-order valence-electron chi connectivity index (χ0n) is 27.3. The fraction of sp³-hybridized carbons (Fsp3) is 0.966. The fourth-order valence-corrected chi connectivity index (χ4v) is 5.48. The highest BCUT2D eigenvalue weighted by Crippen LogP contribution is 2.34. The van der Waals surface area contributed by atoms with E-state index in [4.69, 9.17) is 48.5 Å². The van der Waals surface area contributed by atoms with E-state index < -0.39 is 104 Å². The van der Waals surface area contributed by atoms with Gasteiger partial charge in [0.2, 0.25) is 0 Å². The Morgan fingerprint density at radius 2 is 1.52 bits per heavy atom. The summed E-state index contributed by atoms with van der Waals surface area (Å²) in [5.74, 6) is -1.34. The van der Waals surface area contributed by atoms with Crippen molar-refractivity contribution in [1.82, 2.24) is 0 Å². The summed E-state index contributed by atoms with van der Waals surface area (Å²) in [5, 5.41) is 95.2. The minimum absolute atomic E-state index is 0.00639. The van der Waals surface area contributed by atoms with Crippen molar-refractivity contribution in [2.24, 2.45) is 0 Å². The van der Waals surface area contributed by atoms with Crippen LogP contribution in [0.25, 0.3) is 0 Å². The van der Waals surface area contributed by atoms with Gasteiger partial charge in [0, 0.05) is 20.0 Å². The summed E-state index contributed by atoms with van der Waals surface area (Å²) >= 11 is 0. The third-order valence-corrected chi connectivity index (χ3v) is 8.37. The van der Waals surface area contributed by atoms with Crippen molar-refractivity contribution in [1.29, 1.82) is 0 Å². The SMILES string of the molecule is CC(=O)OCC1OCC[C@H](O)[C@@H]1O.CC1O[C@@H](O)C(O)[C@H](O)[C@@H]1O[C@@H]1OC2COC(C)(C)O[C@H]2[C@@H](O)C1O.OCC1C[C@@H](O)C(O)CO1. The lowest BCUT2D eigenvalue weighted by Gasteiger charge is -2.50. The molecule has 5 fully saturated rings. The molecule has 16 atom stereocenters. The molecule has 5 aliphatic heterocycles. The van der Waals surface area contributed by atoms with Crippen molar-refractivity contribution >= 4 is 5.97 Å². The first-order chi connectivity index (χ1) is 22.4. The van der Waals surface area contributed by atoms with Crippen LogP contribution in [-0.2, 0) is 42.7 Å². The van der Waals surface area contributed by atoms with E-state index in [2.05, 4.69) is 4.74 Å². The lowest BCUT2D eigenvalue weighted by atomic mass is 9.96. The standard InChI is InChI=1S/C15H26O10.C8H14O5.C6H12O4/c1-5-11(7(16)9(18)13(20)22-5)24-14-10(19)8(17)12-6(23-14)4-21-15(2,3)25-12;1-5(9)13-4-7-8(11)6(10)2-3-12-7;7-2-4-1-5(8)6(9)3-10-4/h5-14,16-20H,4H2,1-3H3;6-8,10-11H,2-4H2,1H3;4-9H,1-3H2/t5?,6?,7-,8-,9?,10?,11+,12+,13+,14-;6-,7?,8-;4?,5-,6?/m001/s1. The van der Waals surface area contributed by atoms with E-state index in [0.717, 1.165) is 0 Å². The molecule has 0 bridgehead atoms. The van der Waals surface area contributed by atoms with Gasteiger partial charge in [0.05, 0.1) is 44.2 Å². The number of hydrogen-bond acceptors (Lipinski definition) is 19. The molecule has 0 aromatic carbocycles. The monoisotopic (exact) mass is 704 g/mol. The molecule has 0 radical (unpaired) electrons. The molecule has 19 heteroatoms. The van der Waals surface area contributed by atoms with E-state index in [1.165, 1.54) is 13.8 Å². The summed E-state index contributed by atoms with van der Waals surface area (Å²) in [6.45, 7) is 6.72. The number of aliphatic hydroxyl groups excluding tert-OH is 10. The van der Waals surface area contributed by atoms with E-state index in [-0.39, 0.29) is 32.5 Å². The molecule has 5 heterocycles. The molecule has 48 heavy (non-hydrogen) atoms. The van der Waals surface area contributed by atoms with Crippen molar-refractivity contribution < 1.29 is 93.8 Å². The topological polar surface area (TPSA) is 293 Å². The maximum Gasteiger partial charge on any atom is 0.302 e. The van der Waals surface area contributed by atoms with Crippen LogP contribution in [0.4, 0.5) is 0 Å². The minimum Gasteiger partial charge on any atom is -0.463 e. The maximum atomic E-state index is 10.5. The van der Waals surface area contributed by atoms with Gasteiger partial charge in [-0.1, -0.05) is 0 Å². The molecule has 19 nitrogen and oxygen atoms in total. The van der Waals surface area contributed by atoms with E-state index in [1.54, 1.807) is 13.8 Å². The predicted octanol–water partition coefficient (Wildman–Crippen LogP) is -5.02. The number of carbonyl (C=O) groups is 1. The first kappa shape index (κ1) is 41.2. The van der Waals surface area contributed by atoms with Crippen LogP contribution in [0.2, 0.25) is 0 Å². The van der Waals surface area contributed by atoms with Crippen LogP contribution in [0.5, 0.6) is 0 Å². The molecule has 0 aliphatic carbocycles. The van der Waals surface area contributed by atoms with Crippen molar-refractivity contribution in [2.45, 2.75) is 144 Å². The molecule has 0 spiro atoms. The average molecular weight is 705 g/mol. The predicted molar refractivity (Wildman–Crippen MR) is 155 cm³/mol. The van der Waals surface area contributed by atoms with Crippen molar-refractivity contribution in [3.05, 3.63) is 0 Å². The van der Waals surface area contributed by atoms with Gasteiger partial charge in [0.1, 0.15) is 67.6 Å². The van der Waals surface area contributed by atoms with E-state index >= 15 is 0 Å². The van der Waals surface area contributed by atoms with Gasteiger partial charge < -0.3 is 89.0 Å². The van der Waals surface area contributed by atoms with Crippen LogP contribution in [0, 0.1) is 0 Å². The second-order valence-corrected chi connectivity index (χ2v) is 12.7. The molecule has 10 N–H and O–H groups in total. The lowest BCUT2D eigenvalue weighted by molar-refractivity contribution is -0.396. The maximum absolute atomic E-state index is 10.5. The average Bonchev–Trinajstić information content (AvgIpc) is 3.03. The number of rotatable bonds is 5. The van der Waals surface area contributed by atoms with Crippen LogP contribution in [0.15, 0.2) is 0 Å². The van der Waals surface area contributed by atoms with E-state index in [0.29, 0.717) is 19.4 Å². The molecule has 0 saturated carbocycles. The molecule has 0 aromatic heterocycles. The molecule has 5 saturated heterocycles. The van der Waals surface area contributed by atoms with E-state index in [9.17, 15) is 40.5 Å². The van der Waals surface area contributed by atoms with Gasteiger partial charge in [-0.05, 0) is 27.2 Å². The third-order valence-electron chi connectivity index (χ3n) is 8.37. The number of hydrogen-bond donors (Lipinski definition) is 10. The molecule has 0 aromatic rings. The summed E-state index contributed by atoms with van der Waals surface area (Å²) in [4.78, 5) is 10.5. The van der Waals surface area contributed by atoms with Gasteiger partial charge in [-0.15, -0.1) is 0 Å². The molecule has 5 aliphatic rings. The molecular weight excluding hydrogens is 652 g/mol. The van der Waals surface area contributed by atoms with Crippen LogP contribution >= 0.6 is 0 Å². The van der Waals surface area contributed by atoms with Crippen LogP contribution in [-0.4, -0.2) is 194 Å². The summed E-state index contributed by atoms with van der Waals surface area (Å²) in [7, 11) is 0. The zero-order chi connectivity index (χ0) is 35.9. The Kier molecular flexibility index (Phi) is 15.7. The highest BCUT2D eigenvalue weighted by Gasteiger charge is 2.53. The van der Waals surface area contributed by atoms with E-state index in [1.807, 2.05) is 0 Å². The second kappa shape index (κ2) is 18.3. The van der Waals surface area contributed by atoms with Gasteiger partial charge in [0.15, 0.2) is 18.4 Å². The third kappa shape index (κ3) is 11.1. The summed E-state index contributed by atoms with van der Waals surface area (Å²) in [5.41, 5.74) is 0. The Morgan fingerprint density at radius 1 is 0.833 bits per heavy atom. The Hall–Kier alpha value is -1.21. The van der Waals surface area contributed by atoms with Crippen molar-refractivity contribution in [3.63, 3.8) is 0 Å². The summed E-state index contributed by atoms with van der Waals surface area (Å²) in [6, 6.07) is 0. The molecule has 7 unspecified atom stereocenters. The van der Waals surface area contributed by atoms with Gasteiger partial charge in [-0.25, -0.2) is 0 Å². The number of fused-ring (bicyclic) bond motifs is 1. The molecule has 282 valence electrons. The van der Waals surface area contributed by atoms with Crippen LogP contribution in [0.3, 0.4) is 0 Å². The first-order valence-corrected chi connectivity index (χ1v) is 15.8. The number of esters is 1. The quantitative estimate of drug-likeness (QED) is 0.120. The smallest absolute Gasteiger partial charge is 0.302 e. The molecule has 5 rings (SSSR count). The number of carbonyl (C=O) groups excluding carboxylic acids is 1. The highest BCUT2D eigenvalue weighted by molar-refractivity contribution is 5.65. The zero-order valence-corrected chi connectivity index (χ0v) is 27.3. The summed E-state index contributed by atoms with van der Waals surface area (Å²) < 4.78 is 42.1. The van der Waals surface area contributed by atoms with Gasteiger partial charge in [-0.2, -0.15) is 0 Å². The van der Waals surface area contributed by atoms with Crippen LogP contribution in [0.1, 0.15) is 40.5 Å². The van der Waals surface area contributed by atoms with Gasteiger partial charge >= 0.3 is 5.97 Å². The number of ether oxygens (including phenoxy) is 8. The van der Waals surface area contributed by atoms with Crippen LogP contribution < -0.4 is 0 Å². The Labute approximate surface area is 277 Å². The largest absolute Gasteiger partial charge is 0.463 e. The molecular formula is C29H52O19. The van der Waals surface area contributed by atoms with Crippen molar-refractivity contribution in [3.8, 4) is 0 Å². The van der Waals surface area contributed by atoms with Crippen molar-refractivity contribution in [2.75, 3.05) is 33.0 Å². The number of aliphatic hydroxyl groups is 10.